The van der Waals surface area contributed by atoms with Crippen LogP contribution in [0.2, 0.25) is 0 Å². The van der Waals surface area contributed by atoms with Gasteiger partial charge in [0.2, 0.25) is 0 Å². The van der Waals surface area contributed by atoms with Gasteiger partial charge in [-0.3, -0.25) is 0 Å². The van der Waals surface area contributed by atoms with Gasteiger partial charge in [-0.05, 0) is 56.0 Å². The maximum absolute atomic E-state index is 5.02. The molecule has 0 radical (unpaired) electrons. The Morgan fingerprint density at radius 1 is 1.14 bits per heavy atom. The molecule has 21 heavy (non-hydrogen) atoms. The number of hydrogen-bond acceptors (Lipinski definition) is 5. The van der Waals surface area contributed by atoms with E-state index in [4.69, 9.17) is 4.52 Å². The molecular weight excluding hydrogens is 282 g/mol. The highest BCUT2D eigenvalue weighted by Crippen LogP contribution is 2.24. The fourth-order valence-electron chi connectivity index (χ4n) is 2.16. The molecule has 5 heteroatoms. The van der Waals surface area contributed by atoms with E-state index in [0.29, 0.717) is 0 Å². The third kappa shape index (κ3) is 4.70. The standard InChI is InChI=1S/C16H23N3OS/c1-4-10-19(11-5-2)14-6-8-15(9-7-14)21-18-16-12-13(3)20-17-16/h6-9,12H,4-5,10-11H2,1-3H3,(H,17,18). The van der Waals surface area contributed by atoms with Gasteiger partial charge in [-0.25, -0.2) is 0 Å². The van der Waals surface area contributed by atoms with Crippen molar-refractivity contribution in [2.24, 2.45) is 0 Å². The van der Waals surface area contributed by atoms with Crippen LogP contribution in [0, 0.1) is 6.92 Å². The van der Waals surface area contributed by atoms with E-state index in [2.05, 4.69) is 52.9 Å². The highest BCUT2D eigenvalue weighted by atomic mass is 32.2. The van der Waals surface area contributed by atoms with Crippen LogP contribution in [0.5, 0.6) is 0 Å². The molecule has 0 unspecified atom stereocenters. The van der Waals surface area contributed by atoms with Crippen LogP contribution in [-0.2, 0) is 0 Å². The molecule has 0 aliphatic carbocycles. The Balaban J connectivity index is 1.94. The molecule has 0 saturated heterocycles. The van der Waals surface area contributed by atoms with E-state index in [9.17, 15) is 0 Å². The lowest BCUT2D eigenvalue weighted by atomic mass is 10.2. The van der Waals surface area contributed by atoms with Crippen molar-refractivity contribution in [2.45, 2.75) is 38.5 Å². The smallest absolute Gasteiger partial charge is 0.179 e. The maximum Gasteiger partial charge on any atom is 0.179 e. The zero-order valence-corrected chi connectivity index (χ0v) is 13.7. The summed E-state index contributed by atoms with van der Waals surface area (Å²) < 4.78 is 8.20. The molecule has 1 N–H and O–H groups in total. The van der Waals surface area contributed by atoms with E-state index >= 15 is 0 Å². The van der Waals surface area contributed by atoms with Crippen LogP contribution in [0.1, 0.15) is 32.4 Å². The van der Waals surface area contributed by atoms with Gasteiger partial charge in [-0.15, -0.1) is 0 Å². The Morgan fingerprint density at radius 2 is 1.81 bits per heavy atom. The fraction of sp³-hybridized carbons (Fsp3) is 0.438. The molecule has 0 fully saturated rings. The molecule has 0 bridgehead atoms. The lowest BCUT2D eigenvalue weighted by Crippen LogP contribution is -2.24. The van der Waals surface area contributed by atoms with Crippen molar-refractivity contribution in [2.75, 3.05) is 22.7 Å². The summed E-state index contributed by atoms with van der Waals surface area (Å²) in [6.07, 6.45) is 2.34. The van der Waals surface area contributed by atoms with Crippen molar-refractivity contribution >= 4 is 23.5 Å². The number of hydrogen-bond donors (Lipinski definition) is 1. The fourth-order valence-corrected chi connectivity index (χ4v) is 2.75. The second kappa shape index (κ2) is 7.98. The molecule has 114 valence electrons. The van der Waals surface area contributed by atoms with Crippen LogP contribution in [-0.4, -0.2) is 18.2 Å². The molecule has 2 aromatic rings. The van der Waals surface area contributed by atoms with E-state index in [0.717, 1.165) is 29.6 Å². The number of aryl methyl sites for hydroxylation is 1. The van der Waals surface area contributed by atoms with E-state index in [1.165, 1.54) is 18.5 Å². The Hall–Kier alpha value is -1.62. The van der Waals surface area contributed by atoms with Gasteiger partial charge in [0.25, 0.3) is 0 Å². The van der Waals surface area contributed by atoms with Crippen LogP contribution < -0.4 is 9.62 Å². The number of rotatable bonds is 8. The predicted molar refractivity (Wildman–Crippen MR) is 90.0 cm³/mol. The lowest BCUT2D eigenvalue weighted by molar-refractivity contribution is 0.400. The van der Waals surface area contributed by atoms with Crippen molar-refractivity contribution in [1.82, 2.24) is 5.16 Å². The Bertz CT molecular complexity index is 533. The summed E-state index contributed by atoms with van der Waals surface area (Å²) in [5.41, 5.74) is 1.29. The molecule has 0 aliphatic heterocycles. The zero-order valence-electron chi connectivity index (χ0n) is 12.9. The van der Waals surface area contributed by atoms with Crippen LogP contribution in [0.4, 0.5) is 11.5 Å². The molecule has 0 saturated carbocycles. The summed E-state index contributed by atoms with van der Waals surface area (Å²) in [6.45, 7) is 8.54. The van der Waals surface area contributed by atoms with Crippen LogP contribution in [0.15, 0.2) is 39.8 Å². The normalized spacial score (nSPS) is 10.6. The first-order valence-corrected chi connectivity index (χ1v) is 8.25. The van der Waals surface area contributed by atoms with Gasteiger partial charge in [0.1, 0.15) is 5.76 Å². The van der Waals surface area contributed by atoms with E-state index in [1.54, 1.807) is 11.9 Å². The van der Waals surface area contributed by atoms with Gasteiger partial charge in [0.05, 0.1) is 0 Å². The molecule has 0 atom stereocenters. The highest BCUT2D eigenvalue weighted by molar-refractivity contribution is 8.00. The minimum absolute atomic E-state index is 0.750. The summed E-state index contributed by atoms with van der Waals surface area (Å²) in [5.74, 6) is 1.56. The number of anilines is 2. The van der Waals surface area contributed by atoms with Crippen LogP contribution in [0.25, 0.3) is 0 Å². The molecular formula is C16H23N3OS. The number of benzene rings is 1. The topological polar surface area (TPSA) is 41.3 Å². The van der Waals surface area contributed by atoms with Gasteiger partial charge in [-0.2, -0.15) is 0 Å². The average molecular weight is 305 g/mol. The van der Waals surface area contributed by atoms with Crippen LogP contribution >= 0.6 is 11.9 Å². The van der Waals surface area contributed by atoms with Crippen molar-refractivity contribution < 1.29 is 4.52 Å². The third-order valence-corrected chi connectivity index (χ3v) is 3.91. The van der Waals surface area contributed by atoms with E-state index in [-0.39, 0.29) is 0 Å². The minimum Gasteiger partial charge on any atom is -0.372 e. The molecule has 1 aromatic heterocycles. The van der Waals surface area contributed by atoms with Gasteiger partial charge < -0.3 is 14.1 Å². The zero-order chi connectivity index (χ0) is 15.1. The molecule has 4 nitrogen and oxygen atoms in total. The quantitative estimate of drug-likeness (QED) is 0.714. The van der Waals surface area contributed by atoms with Gasteiger partial charge in [0.15, 0.2) is 5.82 Å². The molecule has 2 rings (SSSR count). The van der Waals surface area contributed by atoms with E-state index < -0.39 is 0 Å². The summed E-state index contributed by atoms with van der Waals surface area (Å²) in [5, 5.41) is 3.91. The minimum atomic E-state index is 0.750. The van der Waals surface area contributed by atoms with E-state index in [1.807, 2.05) is 13.0 Å². The maximum atomic E-state index is 5.02. The number of nitrogens with zero attached hydrogens (tertiary/aromatic N) is 2. The summed E-state index contributed by atoms with van der Waals surface area (Å²) >= 11 is 1.54. The second-order valence-corrected chi connectivity index (χ2v) is 5.89. The van der Waals surface area contributed by atoms with Gasteiger partial charge >= 0.3 is 0 Å². The molecule has 0 spiro atoms. The largest absolute Gasteiger partial charge is 0.372 e. The molecule has 1 aromatic carbocycles. The van der Waals surface area contributed by atoms with Crippen molar-refractivity contribution in [1.29, 1.82) is 0 Å². The molecule has 1 heterocycles. The average Bonchev–Trinajstić information content (AvgIpc) is 2.91. The Morgan fingerprint density at radius 3 is 2.33 bits per heavy atom. The Kier molecular flexibility index (Phi) is 5.99. The summed E-state index contributed by atoms with van der Waals surface area (Å²) in [4.78, 5) is 3.59. The Labute approximate surface area is 131 Å². The van der Waals surface area contributed by atoms with Crippen LogP contribution in [0.3, 0.4) is 0 Å². The first kappa shape index (κ1) is 15.8. The van der Waals surface area contributed by atoms with Gasteiger partial charge in [-0.1, -0.05) is 19.0 Å². The molecule has 0 aliphatic rings. The third-order valence-electron chi connectivity index (χ3n) is 3.09. The van der Waals surface area contributed by atoms with Gasteiger partial charge in [0, 0.05) is 29.7 Å². The SMILES string of the molecule is CCCN(CCC)c1ccc(SNc2cc(C)on2)cc1. The summed E-state index contributed by atoms with van der Waals surface area (Å²) in [7, 11) is 0. The first-order valence-electron chi connectivity index (χ1n) is 7.44. The predicted octanol–water partition coefficient (Wildman–Crippen LogP) is 4.73. The van der Waals surface area contributed by atoms with Crippen molar-refractivity contribution in [3.05, 3.63) is 36.1 Å². The lowest BCUT2D eigenvalue weighted by Gasteiger charge is -2.23. The first-order chi connectivity index (χ1) is 10.2. The van der Waals surface area contributed by atoms with Crippen molar-refractivity contribution in [3.8, 4) is 0 Å². The molecule has 0 amide bonds. The number of aromatic nitrogens is 1. The highest BCUT2D eigenvalue weighted by Gasteiger charge is 2.05. The monoisotopic (exact) mass is 305 g/mol. The summed E-state index contributed by atoms with van der Waals surface area (Å²) in [6, 6.07) is 10.5. The second-order valence-electron chi connectivity index (χ2n) is 5.01. The number of nitrogens with one attached hydrogen (secondary N) is 1. The van der Waals surface area contributed by atoms with Crippen molar-refractivity contribution in [3.63, 3.8) is 0 Å².